The first-order valence-corrected chi connectivity index (χ1v) is 6.99. The fourth-order valence-electron chi connectivity index (χ4n) is 1.77. The first-order valence-electron chi connectivity index (χ1n) is 5.74. The van der Waals surface area contributed by atoms with Gasteiger partial charge in [-0.1, -0.05) is 0 Å². The van der Waals surface area contributed by atoms with Gasteiger partial charge >= 0.3 is 0 Å². The molecule has 6 nitrogen and oxygen atoms in total. The second-order valence-electron chi connectivity index (χ2n) is 3.98. The molecule has 3 rings (SSSR count). The number of fused-ring (bicyclic) bond motifs is 1. The van der Waals surface area contributed by atoms with Crippen molar-refractivity contribution in [1.82, 2.24) is 24.9 Å². The van der Waals surface area contributed by atoms with E-state index >= 15 is 0 Å². The van der Waals surface area contributed by atoms with E-state index < -0.39 is 0 Å². The molecule has 0 aromatic carbocycles. The molecule has 3 aromatic rings. The largest absolute Gasteiger partial charge is 0.368 e. The normalized spacial score (nSPS) is 11.1. The quantitative estimate of drug-likeness (QED) is 0.723. The molecule has 0 radical (unpaired) electrons. The topological polar surface area (TPSA) is 79.4 Å². The van der Waals surface area contributed by atoms with Crippen molar-refractivity contribution in [1.29, 1.82) is 0 Å². The Balaban J connectivity index is 1.73. The zero-order valence-electron chi connectivity index (χ0n) is 10.1. The Morgan fingerprint density at radius 2 is 2.26 bits per heavy atom. The third kappa shape index (κ3) is 2.66. The number of aromatic nitrogens is 5. The van der Waals surface area contributed by atoms with Crippen LogP contribution in [0.2, 0.25) is 5.28 Å². The Morgan fingerprint density at radius 1 is 1.37 bits per heavy atom. The molecular weight excluding hydrogens is 284 g/mol. The number of nitrogens with zero attached hydrogens (tertiary/aromatic N) is 4. The first-order chi connectivity index (χ1) is 9.22. The number of aryl methyl sites for hydroxylation is 1. The Bertz CT molecular complexity index is 706. The number of hydrogen-bond donors (Lipinski definition) is 2. The van der Waals surface area contributed by atoms with Crippen LogP contribution in [0.25, 0.3) is 11.2 Å². The van der Waals surface area contributed by atoms with Crippen LogP contribution in [-0.2, 0) is 6.42 Å². The van der Waals surface area contributed by atoms with E-state index in [0.717, 1.165) is 29.2 Å². The first kappa shape index (κ1) is 12.3. The Hall–Kier alpha value is -1.73. The average molecular weight is 295 g/mol. The van der Waals surface area contributed by atoms with E-state index in [9.17, 15) is 0 Å². The summed E-state index contributed by atoms with van der Waals surface area (Å²) < 4.78 is 0. The maximum Gasteiger partial charge on any atom is 0.226 e. The highest BCUT2D eigenvalue weighted by Gasteiger charge is 2.08. The summed E-state index contributed by atoms with van der Waals surface area (Å²) in [6, 6.07) is 0. The highest BCUT2D eigenvalue weighted by Crippen LogP contribution is 2.18. The standard InChI is InChI=1S/C11H11ClN6S/c1-6-16-7(4-19-6)2-3-13-9-8-10(15-5-14-8)18-11(12)17-9/h4-5H,2-3H2,1H3,(H2,13,14,15,17,18). The molecule has 0 aliphatic heterocycles. The molecule has 0 unspecified atom stereocenters. The van der Waals surface area contributed by atoms with Gasteiger partial charge in [-0.3, -0.25) is 0 Å². The predicted octanol–water partition coefficient (Wildman–Crippen LogP) is 2.43. The van der Waals surface area contributed by atoms with Crippen molar-refractivity contribution in [3.8, 4) is 0 Å². The molecule has 0 aliphatic carbocycles. The number of halogens is 1. The number of aromatic amines is 1. The van der Waals surface area contributed by atoms with Gasteiger partial charge in [0.1, 0.15) is 5.52 Å². The van der Waals surface area contributed by atoms with E-state index in [4.69, 9.17) is 11.6 Å². The van der Waals surface area contributed by atoms with Crippen molar-refractivity contribution in [2.75, 3.05) is 11.9 Å². The number of H-pyrrole nitrogens is 1. The number of hydrogen-bond acceptors (Lipinski definition) is 6. The summed E-state index contributed by atoms with van der Waals surface area (Å²) in [5, 5.41) is 6.56. The Morgan fingerprint density at radius 3 is 3.05 bits per heavy atom. The molecule has 0 atom stereocenters. The summed E-state index contributed by atoms with van der Waals surface area (Å²) in [5.74, 6) is 0.666. The van der Waals surface area contributed by atoms with Gasteiger partial charge in [-0.25, -0.2) is 9.97 Å². The van der Waals surface area contributed by atoms with Crippen LogP contribution in [0.15, 0.2) is 11.7 Å². The van der Waals surface area contributed by atoms with E-state index in [-0.39, 0.29) is 5.28 Å². The summed E-state index contributed by atoms with van der Waals surface area (Å²) in [6.45, 7) is 2.73. The van der Waals surface area contributed by atoms with Gasteiger partial charge in [-0.05, 0) is 18.5 Å². The molecule has 8 heteroatoms. The number of imidazole rings is 1. The van der Waals surface area contributed by atoms with Crippen molar-refractivity contribution in [2.45, 2.75) is 13.3 Å². The summed E-state index contributed by atoms with van der Waals surface area (Å²) in [4.78, 5) is 19.7. The Labute approximate surface area is 118 Å². The lowest BCUT2D eigenvalue weighted by molar-refractivity contribution is 0.960. The van der Waals surface area contributed by atoms with Crippen LogP contribution in [0.4, 0.5) is 5.82 Å². The number of rotatable bonds is 4. The molecule has 19 heavy (non-hydrogen) atoms. The Kier molecular flexibility index (Phi) is 3.31. The zero-order chi connectivity index (χ0) is 13.2. The highest BCUT2D eigenvalue weighted by atomic mass is 35.5. The summed E-state index contributed by atoms with van der Waals surface area (Å²) >= 11 is 7.51. The summed E-state index contributed by atoms with van der Waals surface area (Å²) in [6.07, 6.45) is 2.41. The summed E-state index contributed by atoms with van der Waals surface area (Å²) in [5.41, 5.74) is 2.40. The minimum atomic E-state index is 0.187. The van der Waals surface area contributed by atoms with Crippen LogP contribution < -0.4 is 5.32 Å². The van der Waals surface area contributed by atoms with E-state index in [1.165, 1.54) is 0 Å². The molecule has 0 spiro atoms. The second-order valence-corrected chi connectivity index (χ2v) is 5.38. The molecule has 0 amide bonds. The molecule has 0 aliphatic rings. The minimum Gasteiger partial charge on any atom is -0.368 e. The van der Waals surface area contributed by atoms with E-state index in [0.29, 0.717) is 11.5 Å². The maximum absolute atomic E-state index is 5.85. The second kappa shape index (κ2) is 5.10. The van der Waals surface area contributed by atoms with Gasteiger partial charge in [0.05, 0.1) is 17.0 Å². The molecule has 98 valence electrons. The van der Waals surface area contributed by atoms with Gasteiger partial charge < -0.3 is 10.3 Å². The molecule has 2 N–H and O–H groups in total. The van der Waals surface area contributed by atoms with Gasteiger partial charge in [0.2, 0.25) is 5.28 Å². The van der Waals surface area contributed by atoms with Gasteiger partial charge in [-0.15, -0.1) is 11.3 Å². The van der Waals surface area contributed by atoms with E-state index in [1.54, 1.807) is 17.7 Å². The molecule has 0 fully saturated rings. The lowest BCUT2D eigenvalue weighted by atomic mass is 10.3. The molecule has 0 saturated heterocycles. The van der Waals surface area contributed by atoms with Crippen LogP contribution >= 0.6 is 22.9 Å². The highest BCUT2D eigenvalue weighted by molar-refractivity contribution is 7.09. The monoisotopic (exact) mass is 294 g/mol. The van der Waals surface area contributed by atoms with Gasteiger partial charge in [0.25, 0.3) is 0 Å². The lowest BCUT2D eigenvalue weighted by Crippen LogP contribution is -2.07. The van der Waals surface area contributed by atoms with E-state index in [2.05, 4.69) is 35.6 Å². The fourth-order valence-corrected chi connectivity index (χ4v) is 2.58. The lowest BCUT2D eigenvalue weighted by Gasteiger charge is -2.05. The van der Waals surface area contributed by atoms with Crippen molar-refractivity contribution in [3.05, 3.63) is 27.7 Å². The van der Waals surface area contributed by atoms with E-state index in [1.807, 2.05) is 6.92 Å². The third-order valence-corrected chi connectivity index (χ3v) is 3.59. The van der Waals surface area contributed by atoms with Crippen molar-refractivity contribution in [2.24, 2.45) is 0 Å². The number of thiazole rings is 1. The SMILES string of the molecule is Cc1nc(CCNc2nc(Cl)nc3nc[nH]c23)cs1. The summed E-state index contributed by atoms with van der Waals surface area (Å²) in [7, 11) is 0. The minimum absolute atomic E-state index is 0.187. The van der Waals surface area contributed by atoms with Gasteiger partial charge in [-0.2, -0.15) is 9.97 Å². The van der Waals surface area contributed by atoms with Crippen LogP contribution in [0.5, 0.6) is 0 Å². The average Bonchev–Trinajstić information content (AvgIpc) is 2.98. The molecule has 3 aromatic heterocycles. The smallest absolute Gasteiger partial charge is 0.226 e. The molecule has 0 saturated carbocycles. The van der Waals surface area contributed by atoms with Crippen LogP contribution in [0.1, 0.15) is 10.7 Å². The van der Waals surface area contributed by atoms with Gasteiger partial charge in [0, 0.05) is 18.3 Å². The molecular formula is C11H11ClN6S. The number of anilines is 1. The molecule has 3 heterocycles. The van der Waals surface area contributed by atoms with Crippen LogP contribution in [-0.4, -0.2) is 31.5 Å². The third-order valence-electron chi connectivity index (χ3n) is 2.60. The van der Waals surface area contributed by atoms with Crippen molar-refractivity contribution < 1.29 is 0 Å². The van der Waals surface area contributed by atoms with Crippen molar-refractivity contribution in [3.63, 3.8) is 0 Å². The van der Waals surface area contributed by atoms with Gasteiger partial charge in [0.15, 0.2) is 11.5 Å². The maximum atomic E-state index is 5.85. The van der Waals surface area contributed by atoms with Crippen LogP contribution in [0, 0.1) is 6.92 Å². The predicted molar refractivity (Wildman–Crippen MR) is 75.7 cm³/mol. The van der Waals surface area contributed by atoms with Crippen LogP contribution in [0.3, 0.4) is 0 Å². The fraction of sp³-hybridized carbons (Fsp3) is 0.273. The van der Waals surface area contributed by atoms with Crippen molar-refractivity contribution >= 4 is 39.9 Å². The number of nitrogens with one attached hydrogen (secondary N) is 2. The molecule has 0 bridgehead atoms. The zero-order valence-corrected chi connectivity index (χ0v) is 11.7.